The quantitative estimate of drug-likeness (QED) is 0.588. The van der Waals surface area contributed by atoms with E-state index < -0.39 is 0 Å². The topological polar surface area (TPSA) is 60.7 Å². The average Bonchev–Trinajstić information content (AvgIpc) is 3.30. The van der Waals surface area contributed by atoms with E-state index >= 15 is 0 Å². The molecule has 1 saturated heterocycles. The summed E-state index contributed by atoms with van der Waals surface area (Å²) in [6, 6.07) is 9.40. The Hall–Kier alpha value is -2.54. The lowest BCUT2D eigenvalue weighted by molar-refractivity contribution is 0.298. The van der Waals surface area contributed by atoms with Crippen molar-refractivity contribution < 1.29 is 0 Å². The number of guanidine groups is 1. The van der Waals surface area contributed by atoms with Crippen LogP contribution < -0.4 is 15.5 Å². The first-order chi connectivity index (χ1) is 13.5. The molecule has 7 nitrogen and oxygen atoms in total. The highest BCUT2D eigenvalue weighted by molar-refractivity contribution is 5.80. The van der Waals surface area contributed by atoms with Crippen molar-refractivity contribution >= 4 is 11.6 Å². The van der Waals surface area contributed by atoms with Crippen LogP contribution in [-0.4, -0.2) is 67.5 Å². The number of nitrogens with one attached hydrogen (secondary N) is 2. The maximum absolute atomic E-state index is 4.43. The van der Waals surface area contributed by atoms with Crippen molar-refractivity contribution in [3.63, 3.8) is 0 Å². The molecule has 0 radical (unpaired) electrons. The van der Waals surface area contributed by atoms with E-state index in [4.69, 9.17) is 0 Å². The van der Waals surface area contributed by atoms with Crippen molar-refractivity contribution in [1.82, 2.24) is 25.3 Å². The highest BCUT2D eigenvalue weighted by Crippen LogP contribution is 2.21. The molecule has 1 aliphatic rings. The number of aliphatic imine (C=N–C) groups is 1. The smallest absolute Gasteiger partial charge is 0.191 e. The number of benzene rings is 1. The van der Waals surface area contributed by atoms with Crippen LogP contribution in [0.5, 0.6) is 0 Å². The first kappa shape index (κ1) is 20.2. The molecule has 0 aliphatic carbocycles. The van der Waals surface area contributed by atoms with E-state index in [9.17, 15) is 0 Å². The number of aryl methyl sites for hydroxylation is 2. The number of anilines is 1. The lowest BCUT2D eigenvalue weighted by Gasteiger charge is -2.25. The molecule has 152 valence electrons. The highest BCUT2D eigenvalue weighted by atomic mass is 15.3. The first-order valence-corrected chi connectivity index (χ1v) is 9.90. The second-order valence-corrected chi connectivity index (χ2v) is 7.79. The molecule has 1 aromatic carbocycles. The van der Waals surface area contributed by atoms with Crippen LogP contribution in [0.4, 0.5) is 5.69 Å². The van der Waals surface area contributed by atoms with E-state index in [0.29, 0.717) is 6.04 Å². The van der Waals surface area contributed by atoms with E-state index in [-0.39, 0.29) is 6.04 Å². The number of aromatic nitrogens is 2. The summed E-state index contributed by atoms with van der Waals surface area (Å²) in [6.07, 6.45) is 5.10. The zero-order valence-electron chi connectivity index (χ0n) is 17.7. The van der Waals surface area contributed by atoms with Gasteiger partial charge in [0.1, 0.15) is 0 Å². The minimum Gasteiger partial charge on any atom is -0.369 e. The minimum atomic E-state index is 0.236. The summed E-state index contributed by atoms with van der Waals surface area (Å²) >= 11 is 0. The van der Waals surface area contributed by atoms with E-state index in [1.807, 2.05) is 25.0 Å². The standard InChI is InChI=1S/C21H33N7/c1-16-6-8-19(9-7-16)28-11-10-18(15-28)25-21(22-2)23-13-20(26(3)4)17-12-24-27(5)14-17/h6-9,12,14,18,20H,10-11,13,15H2,1-5H3,(H2,22,23,25). The summed E-state index contributed by atoms with van der Waals surface area (Å²) in [5.74, 6) is 0.853. The molecule has 1 fully saturated rings. The van der Waals surface area contributed by atoms with Crippen LogP contribution in [0.1, 0.15) is 23.6 Å². The summed E-state index contributed by atoms with van der Waals surface area (Å²) in [6.45, 7) is 4.95. The van der Waals surface area contributed by atoms with Gasteiger partial charge in [-0.15, -0.1) is 0 Å². The number of nitrogens with zero attached hydrogens (tertiary/aromatic N) is 5. The molecular formula is C21H33N7. The number of rotatable bonds is 6. The van der Waals surface area contributed by atoms with Crippen molar-refractivity contribution in [3.8, 4) is 0 Å². The molecule has 2 unspecified atom stereocenters. The molecule has 0 saturated carbocycles. The normalized spacial score (nSPS) is 18.6. The van der Waals surface area contributed by atoms with Gasteiger partial charge in [0.25, 0.3) is 0 Å². The Morgan fingerprint density at radius 1 is 1.32 bits per heavy atom. The maximum atomic E-state index is 4.43. The largest absolute Gasteiger partial charge is 0.369 e. The second kappa shape index (κ2) is 9.10. The van der Waals surface area contributed by atoms with Gasteiger partial charge < -0.3 is 20.4 Å². The highest BCUT2D eigenvalue weighted by Gasteiger charge is 2.24. The lowest BCUT2D eigenvalue weighted by atomic mass is 10.1. The molecule has 28 heavy (non-hydrogen) atoms. The fraction of sp³-hybridized carbons (Fsp3) is 0.524. The van der Waals surface area contributed by atoms with Gasteiger partial charge in [0.05, 0.1) is 12.2 Å². The third kappa shape index (κ3) is 5.04. The Morgan fingerprint density at radius 3 is 2.68 bits per heavy atom. The molecule has 2 atom stereocenters. The van der Waals surface area contributed by atoms with Crippen molar-refractivity contribution in [2.45, 2.75) is 25.4 Å². The van der Waals surface area contributed by atoms with Crippen molar-refractivity contribution in [2.75, 3.05) is 45.7 Å². The summed E-state index contributed by atoms with van der Waals surface area (Å²) in [4.78, 5) is 9.06. The Labute approximate surface area is 168 Å². The molecule has 1 aliphatic heterocycles. The van der Waals surface area contributed by atoms with Crippen LogP contribution in [0.2, 0.25) is 0 Å². The van der Waals surface area contributed by atoms with Crippen LogP contribution in [-0.2, 0) is 7.05 Å². The molecule has 7 heteroatoms. The molecule has 0 spiro atoms. The van der Waals surface area contributed by atoms with Crippen LogP contribution in [0, 0.1) is 6.92 Å². The van der Waals surface area contributed by atoms with Crippen LogP contribution in [0.15, 0.2) is 41.7 Å². The summed E-state index contributed by atoms with van der Waals surface area (Å²) in [7, 11) is 7.96. The van der Waals surface area contributed by atoms with Gasteiger partial charge >= 0.3 is 0 Å². The lowest BCUT2D eigenvalue weighted by Crippen LogP contribution is -2.46. The van der Waals surface area contributed by atoms with Crippen molar-refractivity contribution in [2.24, 2.45) is 12.0 Å². The van der Waals surface area contributed by atoms with Gasteiger partial charge in [-0.05, 0) is 39.6 Å². The van der Waals surface area contributed by atoms with Crippen LogP contribution >= 0.6 is 0 Å². The predicted molar refractivity (Wildman–Crippen MR) is 116 cm³/mol. The van der Waals surface area contributed by atoms with Gasteiger partial charge in [0.2, 0.25) is 0 Å². The Bertz CT molecular complexity index is 778. The molecule has 2 heterocycles. The molecule has 0 bridgehead atoms. The van der Waals surface area contributed by atoms with Gasteiger partial charge in [-0.1, -0.05) is 17.7 Å². The van der Waals surface area contributed by atoms with Crippen molar-refractivity contribution in [1.29, 1.82) is 0 Å². The second-order valence-electron chi connectivity index (χ2n) is 7.79. The van der Waals surface area contributed by atoms with Gasteiger partial charge in [0.15, 0.2) is 5.96 Å². The molecule has 2 N–H and O–H groups in total. The number of hydrogen-bond donors (Lipinski definition) is 2. The maximum Gasteiger partial charge on any atom is 0.191 e. The third-order valence-electron chi connectivity index (χ3n) is 5.35. The SMILES string of the molecule is CN=C(NCC(c1cnn(C)c1)N(C)C)NC1CCN(c2ccc(C)cc2)C1. The van der Waals surface area contributed by atoms with E-state index in [1.165, 1.54) is 16.8 Å². The summed E-state index contributed by atoms with van der Waals surface area (Å²) in [5, 5.41) is 11.4. The molecule has 2 aromatic rings. The zero-order chi connectivity index (χ0) is 20.1. The number of hydrogen-bond acceptors (Lipinski definition) is 4. The third-order valence-corrected chi connectivity index (χ3v) is 5.35. The van der Waals surface area contributed by atoms with Crippen LogP contribution in [0.25, 0.3) is 0 Å². The monoisotopic (exact) mass is 383 g/mol. The van der Waals surface area contributed by atoms with Gasteiger partial charge in [-0.25, -0.2) is 0 Å². The molecule has 1 aromatic heterocycles. The van der Waals surface area contributed by atoms with Crippen molar-refractivity contribution in [3.05, 3.63) is 47.8 Å². The van der Waals surface area contributed by atoms with Gasteiger partial charge in [-0.3, -0.25) is 9.67 Å². The molecule has 0 amide bonds. The van der Waals surface area contributed by atoms with E-state index in [0.717, 1.165) is 32.0 Å². The van der Waals surface area contributed by atoms with Gasteiger partial charge in [0, 0.05) is 57.2 Å². The molecular weight excluding hydrogens is 350 g/mol. The fourth-order valence-electron chi connectivity index (χ4n) is 3.66. The zero-order valence-corrected chi connectivity index (χ0v) is 17.7. The van der Waals surface area contributed by atoms with E-state index in [1.54, 1.807) is 0 Å². The first-order valence-electron chi connectivity index (χ1n) is 9.90. The summed E-state index contributed by atoms with van der Waals surface area (Å²) < 4.78 is 1.84. The van der Waals surface area contributed by atoms with E-state index in [2.05, 4.69) is 82.0 Å². The summed E-state index contributed by atoms with van der Waals surface area (Å²) in [5.41, 5.74) is 3.79. The average molecular weight is 384 g/mol. The minimum absolute atomic E-state index is 0.236. The Kier molecular flexibility index (Phi) is 6.57. The fourth-order valence-corrected chi connectivity index (χ4v) is 3.66. The number of likely N-dealkylation sites (N-methyl/N-ethyl adjacent to an activating group) is 1. The van der Waals surface area contributed by atoms with Gasteiger partial charge in [-0.2, -0.15) is 5.10 Å². The predicted octanol–water partition coefficient (Wildman–Crippen LogP) is 1.78. The Balaban J connectivity index is 1.54. The molecule has 3 rings (SSSR count). The van der Waals surface area contributed by atoms with Crippen LogP contribution in [0.3, 0.4) is 0 Å². The Morgan fingerprint density at radius 2 is 2.07 bits per heavy atom.